The third-order valence-corrected chi connectivity index (χ3v) is 9.30. The van der Waals surface area contributed by atoms with Gasteiger partial charge in [-0.05, 0) is 60.9 Å². The first-order chi connectivity index (χ1) is 21.7. The number of piperidine rings is 1. The van der Waals surface area contributed by atoms with Gasteiger partial charge in [0.05, 0.1) is 18.7 Å². The van der Waals surface area contributed by atoms with Crippen LogP contribution >= 0.6 is 0 Å². The molecular formula is C33H29F3N4O5. The number of pyridine rings is 2. The summed E-state index contributed by atoms with van der Waals surface area (Å²) < 4.78 is 58.5. The number of nitrogens with zero attached hydrogens (tertiary/aromatic N) is 4. The fraction of sp³-hybridized carbons (Fsp3) is 0.394. The smallest absolute Gasteiger partial charge is 0.434 e. The van der Waals surface area contributed by atoms with Crippen molar-refractivity contribution in [1.29, 1.82) is 0 Å². The van der Waals surface area contributed by atoms with Crippen LogP contribution in [-0.4, -0.2) is 58.6 Å². The SMILES string of the molecule is O=C(O)c1cc(O[C@@H]2CCOC2)c2cc(N3CC4C(/C=C/c5c(-c6cccnc6C(F)(F)F)noc5C5CC5)C4C3)ccc2n1. The highest BCUT2D eigenvalue weighted by atomic mass is 19.4. The lowest BCUT2D eigenvalue weighted by atomic mass is 10.0. The Balaban J connectivity index is 1.02. The van der Waals surface area contributed by atoms with Gasteiger partial charge < -0.3 is 24.0 Å². The molecule has 0 spiro atoms. The Hall–Kier alpha value is -4.45. The molecule has 0 radical (unpaired) electrons. The van der Waals surface area contributed by atoms with Crippen LogP contribution in [0, 0.1) is 17.8 Å². The number of halogens is 3. The summed E-state index contributed by atoms with van der Waals surface area (Å²) >= 11 is 0. The lowest BCUT2D eigenvalue weighted by Crippen LogP contribution is -2.23. The quantitative estimate of drug-likeness (QED) is 0.238. The van der Waals surface area contributed by atoms with Crippen molar-refractivity contribution < 1.29 is 37.1 Å². The minimum atomic E-state index is -4.61. The number of carboxylic acids is 1. The van der Waals surface area contributed by atoms with Crippen LogP contribution in [0.4, 0.5) is 18.9 Å². The average molecular weight is 619 g/mol. The van der Waals surface area contributed by atoms with Gasteiger partial charge in [0.25, 0.3) is 0 Å². The normalized spacial score (nSPS) is 24.5. The zero-order valence-corrected chi connectivity index (χ0v) is 24.0. The standard InChI is InChI=1S/C33H29F3N4O5/c34-33(35,36)31-22(2-1-10-37-31)29-21(30(45-39-29)17-3-4-17)7-6-20-24-14-40(15-25(20)24)18-5-8-26-23(12-18)28(13-27(38-26)32(41)42)44-19-9-11-43-16-19/h1-2,5-8,10,12-13,17,19-20,24-25H,3-4,9,11,14-16H2,(H,41,42)/b7-6+/t19-,20?,24?,25?/m1/s1. The lowest BCUT2D eigenvalue weighted by Gasteiger charge is -2.23. The molecule has 4 aliphatic rings. The molecule has 8 rings (SSSR count). The van der Waals surface area contributed by atoms with E-state index in [1.807, 2.05) is 24.3 Å². The molecule has 1 N–H and O–H groups in total. The van der Waals surface area contributed by atoms with Gasteiger partial charge >= 0.3 is 12.1 Å². The molecule has 45 heavy (non-hydrogen) atoms. The van der Waals surface area contributed by atoms with Crippen LogP contribution < -0.4 is 9.64 Å². The van der Waals surface area contributed by atoms with Crippen LogP contribution in [0.5, 0.6) is 5.75 Å². The van der Waals surface area contributed by atoms with Crippen molar-refractivity contribution in [1.82, 2.24) is 15.1 Å². The molecule has 3 atom stereocenters. The molecule has 2 aliphatic heterocycles. The van der Waals surface area contributed by atoms with Gasteiger partial charge in [-0.2, -0.15) is 13.2 Å². The van der Waals surface area contributed by atoms with Crippen LogP contribution in [0.1, 0.15) is 52.7 Å². The van der Waals surface area contributed by atoms with E-state index < -0.39 is 17.8 Å². The number of carbonyl (C=O) groups is 1. The number of allylic oxidation sites excluding steroid dienone is 1. The Kier molecular flexibility index (Phi) is 6.59. The van der Waals surface area contributed by atoms with Crippen molar-refractivity contribution in [3.05, 3.63) is 71.4 Å². The molecule has 4 aromatic rings. The monoisotopic (exact) mass is 618 g/mol. The van der Waals surface area contributed by atoms with Gasteiger partial charge in [-0.1, -0.05) is 17.3 Å². The summed E-state index contributed by atoms with van der Waals surface area (Å²) in [7, 11) is 0. The summed E-state index contributed by atoms with van der Waals surface area (Å²) in [5.74, 6) is 1.31. The van der Waals surface area contributed by atoms with Crippen molar-refractivity contribution in [3.8, 4) is 17.0 Å². The summed E-state index contributed by atoms with van der Waals surface area (Å²) in [5, 5.41) is 14.4. The number of hydrogen-bond acceptors (Lipinski definition) is 8. The van der Waals surface area contributed by atoms with E-state index in [1.54, 1.807) is 0 Å². The molecule has 4 fully saturated rings. The van der Waals surface area contributed by atoms with Crippen LogP contribution in [0.25, 0.3) is 28.2 Å². The van der Waals surface area contributed by atoms with Gasteiger partial charge in [0.2, 0.25) is 0 Å². The van der Waals surface area contributed by atoms with Crippen molar-refractivity contribution in [2.24, 2.45) is 17.8 Å². The Morgan fingerprint density at radius 3 is 2.64 bits per heavy atom. The van der Waals surface area contributed by atoms with Gasteiger partial charge in [0, 0.05) is 59.9 Å². The molecule has 0 amide bonds. The second kappa shape index (κ2) is 10.6. The zero-order valence-electron chi connectivity index (χ0n) is 24.0. The first-order valence-corrected chi connectivity index (χ1v) is 15.1. The number of carboxylic acid groups (broad SMARTS) is 1. The Morgan fingerprint density at radius 1 is 1.11 bits per heavy atom. The topological polar surface area (TPSA) is 111 Å². The number of aromatic carboxylic acids is 1. The van der Waals surface area contributed by atoms with E-state index in [-0.39, 0.29) is 29.0 Å². The van der Waals surface area contributed by atoms with Gasteiger partial charge in [-0.25, -0.2) is 9.78 Å². The molecule has 1 aromatic carbocycles. The number of aromatic nitrogens is 3. The van der Waals surface area contributed by atoms with Gasteiger partial charge in [-0.15, -0.1) is 0 Å². The largest absolute Gasteiger partial charge is 0.487 e. The van der Waals surface area contributed by atoms with Crippen molar-refractivity contribution >= 4 is 28.6 Å². The minimum Gasteiger partial charge on any atom is -0.487 e. The van der Waals surface area contributed by atoms with Gasteiger partial charge in [0.1, 0.15) is 23.3 Å². The maximum Gasteiger partial charge on any atom is 0.434 e. The van der Waals surface area contributed by atoms with E-state index in [0.717, 1.165) is 49.6 Å². The average Bonchev–Trinajstić information content (AvgIpc) is 3.74. The highest BCUT2D eigenvalue weighted by Crippen LogP contribution is 2.54. The second-order valence-corrected chi connectivity index (χ2v) is 12.3. The molecule has 2 aliphatic carbocycles. The first kappa shape index (κ1) is 28.1. The highest BCUT2D eigenvalue weighted by molar-refractivity contribution is 5.94. The molecule has 3 aromatic heterocycles. The molecule has 232 valence electrons. The fourth-order valence-corrected chi connectivity index (χ4v) is 6.78. The summed E-state index contributed by atoms with van der Waals surface area (Å²) in [6, 6.07) is 10.1. The number of rotatable bonds is 8. The van der Waals surface area contributed by atoms with E-state index >= 15 is 0 Å². The third-order valence-electron chi connectivity index (χ3n) is 9.30. The number of hydrogen-bond donors (Lipinski definition) is 1. The van der Waals surface area contributed by atoms with Crippen molar-refractivity contribution in [2.75, 3.05) is 31.2 Å². The molecule has 2 saturated carbocycles. The predicted molar refractivity (Wildman–Crippen MR) is 157 cm³/mol. The summed E-state index contributed by atoms with van der Waals surface area (Å²) in [5.41, 5.74) is 1.23. The molecule has 2 unspecified atom stereocenters. The highest BCUT2D eigenvalue weighted by Gasteiger charge is 2.54. The number of alkyl halides is 3. The van der Waals surface area contributed by atoms with E-state index in [9.17, 15) is 23.1 Å². The first-order valence-electron chi connectivity index (χ1n) is 15.1. The van der Waals surface area contributed by atoms with Crippen molar-refractivity contribution in [2.45, 2.75) is 37.5 Å². The lowest BCUT2D eigenvalue weighted by molar-refractivity contribution is -0.140. The van der Waals surface area contributed by atoms with E-state index in [2.05, 4.69) is 26.1 Å². The molecular weight excluding hydrogens is 589 g/mol. The second-order valence-electron chi connectivity index (χ2n) is 12.3. The van der Waals surface area contributed by atoms with Crippen LogP contribution in [-0.2, 0) is 10.9 Å². The van der Waals surface area contributed by atoms with E-state index in [4.69, 9.17) is 14.0 Å². The molecule has 0 bridgehead atoms. The van der Waals surface area contributed by atoms with Crippen molar-refractivity contribution in [3.63, 3.8) is 0 Å². The number of anilines is 1. The van der Waals surface area contributed by atoms with E-state index in [0.29, 0.717) is 53.6 Å². The summed E-state index contributed by atoms with van der Waals surface area (Å²) in [6.07, 6.45) is 2.99. The van der Waals surface area contributed by atoms with Crippen LogP contribution in [0.15, 0.2) is 53.2 Å². The predicted octanol–water partition coefficient (Wildman–Crippen LogP) is 6.44. The maximum atomic E-state index is 13.8. The zero-order chi connectivity index (χ0) is 30.9. The molecule has 2 saturated heterocycles. The van der Waals surface area contributed by atoms with E-state index in [1.165, 1.54) is 18.2 Å². The maximum absolute atomic E-state index is 13.8. The molecule has 5 heterocycles. The van der Waals surface area contributed by atoms with Crippen LogP contribution in [0.3, 0.4) is 0 Å². The summed E-state index contributed by atoms with van der Waals surface area (Å²) in [4.78, 5) is 21.9. The third kappa shape index (κ3) is 5.20. The number of fused-ring (bicyclic) bond motifs is 2. The molecule has 9 nitrogen and oxygen atoms in total. The summed E-state index contributed by atoms with van der Waals surface area (Å²) in [6.45, 7) is 2.71. The Bertz CT molecular complexity index is 1820. The van der Waals surface area contributed by atoms with Gasteiger partial charge in [0.15, 0.2) is 11.4 Å². The molecule has 12 heteroatoms. The minimum absolute atomic E-state index is 0.0693. The Morgan fingerprint density at radius 2 is 1.93 bits per heavy atom. The fourth-order valence-electron chi connectivity index (χ4n) is 6.78. The number of benzene rings is 1. The number of ether oxygens (including phenoxy) is 2. The Labute approximate surface area is 255 Å². The van der Waals surface area contributed by atoms with Crippen LogP contribution in [0.2, 0.25) is 0 Å². The van der Waals surface area contributed by atoms with Gasteiger partial charge in [-0.3, -0.25) is 4.98 Å².